The number of carbonyl (C=O) groups excluding carboxylic acids is 1. The molecule has 0 aliphatic heterocycles. The Balaban J connectivity index is 1.34. The van der Waals surface area contributed by atoms with Gasteiger partial charge in [0.25, 0.3) is 5.91 Å². The highest BCUT2D eigenvalue weighted by Crippen LogP contribution is 2.34. The largest absolute Gasteiger partial charge is 0.508 e. The number of nitrogens with two attached hydrogens (primary N) is 1. The van der Waals surface area contributed by atoms with Gasteiger partial charge < -0.3 is 26.6 Å². The average Bonchev–Trinajstić information content (AvgIpc) is 2.84. The molecule has 1 aliphatic carbocycles. The second-order valence-electron chi connectivity index (χ2n) is 9.01. The van der Waals surface area contributed by atoms with Crippen LogP contribution in [0.5, 0.6) is 5.75 Å². The normalized spacial score (nSPS) is 16.9. The highest BCUT2D eigenvalue weighted by atomic mass is 16.3. The van der Waals surface area contributed by atoms with Gasteiger partial charge in [0.2, 0.25) is 0 Å². The minimum atomic E-state index is -0.675. The summed E-state index contributed by atoms with van der Waals surface area (Å²) in [5.41, 5.74) is 9.91. The van der Waals surface area contributed by atoms with Gasteiger partial charge in [-0.2, -0.15) is 0 Å². The number of benzene rings is 2. The lowest BCUT2D eigenvalue weighted by atomic mass is 9.87. The van der Waals surface area contributed by atoms with E-state index in [1.165, 1.54) is 0 Å². The molecule has 0 radical (unpaired) electrons. The van der Waals surface area contributed by atoms with Crippen LogP contribution in [-0.4, -0.2) is 33.7 Å². The second-order valence-corrected chi connectivity index (χ2v) is 9.01. The molecule has 178 valence electrons. The molecule has 4 rings (SSSR count). The van der Waals surface area contributed by atoms with E-state index in [-0.39, 0.29) is 18.0 Å². The van der Waals surface area contributed by atoms with Gasteiger partial charge in [0.1, 0.15) is 11.6 Å². The van der Waals surface area contributed by atoms with E-state index >= 15 is 0 Å². The molecule has 1 amide bonds. The number of rotatable bonds is 8. The predicted octanol–water partition coefficient (Wildman–Crippen LogP) is 3.43. The number of aromatic hydroxyl groups is 1. The van der Waals surface area contributed by atoms with Crippen LogP contribution in [-0.2, 0) is 12.8 Å². The Morgan fingerprint density at radius 3 is 2.82 bits per heavy atom. The molecule has 7 heteroatoms. The van der Waals surface area contributed by atoms with Crippen molar-refractivity contribution in [2.45, 2.75) is 50.8 Å². The van der Waals surface area contributed by atoms with Gasteiger partial charge in [-0.05, 0) is 73.6 Å². The number of aliphatic hydroxyl groups is 1. The first-order chi connectivity index (χ1) is 16.4. The van der Waals surface area contributed by atoms with Gasteiger partial charge in [0.15, 0.2) is 0 Å². The van der Waals surface area contributed by atoms with E-state index in [1.54, 1.807) is 24.4 Å². The van der Waals surface area contributed by atoms with Crippen LogP contribution in [0.25, 0.3) is 0 Å². The number of nitrogens with zero attached hydrogens (tertiary/aromatic N) is 1. The first-order valence-electron chi connectivity index (χ1n) is 11.7. The summed E-state index contributed by atoms with van der Waals surface area (Å²) in [5, 5.41) is 27.0. The number of hydrogen-bond acceptors (Lipinski definition) is 6. The summed E-state index contributed by atoms with van der Waals surface area (Å²) in [6, 6.07) is 16.6. The number of aliphatic hydroxyl groups excluding tert-OH is 1. The molecule has 0 fully saturated rings. The Hall–Kier alpha value is -3.42. The number of phenolic OH excluding ortho intramolecular Hbond substituents is 1. The maximum absolute atomic E-state index is 13.0. The number of anilines is 1. The van der Waals surface area contributed by atoms with Gasteiger partial charge in [-0.15, -0.1) is 0 Å². The third-order valence-corrected chi connectivity index (χ3v) is 6.37. The van der Waals surface area contributed by atoms with Crippen LogP contribution in [0.4, 0.5) is 5.82 Å². The lowest BCUT2D eigenvalue weighted by Crippen LogP contribution is -2.32. The molecule has 7 nitrogen and oxygen atoms in total. The van der Waals surface area contributed by atoms with Crippen LogP contribution in [0.2, 0.25) is 0 Å². The molecule has 6 N–H and O–H groups in total. The van der Waals surface area contributed by atoms with Crippen LogP contribution in [0, 0.1) is 0 Å². The highest BCUT2D eigenvalue weighted by molar-refractivity contribution is 5.94. The molecule has 1 aromatic heterocycles. The Bertz CT molecular complexity index is 1130. The van der Waals surface area contributed by atoms with Crippen molar-refractivity contribution in [2.75, 3.05) is 12.3 Å². The van der Waals surface area contributed by atoms with Crippen molar-refractivity contribution in [3.05, 3.63) is 88.6 Å². The Morgan fingerprint density at radius 1 is 1.21 bits per heavy atom. The van der Waals surface area contributed by atoms with Crippen molar-refractivity contribution >= 4 is 11.7 Å². The molecule has 3 atom stereocenters. The third kappa shape index (κ3) is 5.73. The fourth-order valence-corrected chi connectivity index (χ4v) is 4.53. The smallest absolute Gasteiger partial charge is 0.251 e. The molecule has 34 heavy (non-hydrogen) atoms. The predicted molar refractivity (Wildman–Crippen MR) is 132 cm³/mol. The summed E-state index contributed by atoms with van der Waals surface area (Å²) in [4.78, 5) is 17.0. The molecule has 1 unspecified atom stereocenters. The molecule has 0 saturated carbocycles. The molecule has 1 aliphatic rings. The van der Waals surface area contributed by atoms with Crippen molar-refractivity contribution in [1.82, 2.24) is 15.6 Å². The van der Waals surface area contributed by atoms with E-state index in [0.717, 1.165) is 36.0 Å². The van der Waals surface area contributed by atoms with Crippen LogP contribution < -0.4 is 16.4 Å². The van der Waals surface area contributed by atoms with E-state index < -0.39 is 6.10 Å². The zero-order valence-corrected chi connectivity index (χ0v) is 19.4. The highest BCUT2D eigenvalue weighted by Gasteiger charge is 2.24. The zero-order chi connectivity index (χ0) is 24.1. The number of nitrogens with one attached hydrogen (secondary N) is 2. The van der Waals surface area contributed by atoms with Crippen molar-refractivity contribution in [3.63, 3.8) is 0 Å². The first-order valence-corrected chi connectivity index (χ1v) is 11.7. The number of aromatic nitrogens is 1. The summed E-state index contributed by atoms with van der Waals surface area (Å²) in [7, 11) is 0. The Morgan fingerprint density at radius 2 is 2.03 bits per heavy atom. The average molecular weight is 461 g/mol. The van der Waals surface area contributed by atoms with Crippen molar-refractivity contribution in [1.29, 1.82) is 0 Å². The fraction of sp³-hybridized carbons (Fsp3) is 0.333. The van der Waals surface area contributed by atoms with Gasteiger partial charge >= 0.3 is 0 Å². The standard InChI is InChI=1S/C27H32N4O3/c1-17(29-16-25(33)20-11-12-26(28)30-15-20)13-18-5-2-6-19(14-18)27(34)31-23-9-3-8-22-21(23)7-4-10-24(22)32/h2,4-7,10-12,14-15,17,23,25,29,32-33H,3,8-9,13,16H2,1H3,(H2,28,30)(H,31,34)/t17-,23?,25+/m1/s1. The summed E-state index contributed by atoms with van der Waals surface area (Å²) >= 11 is 0. The van der Waals surface area contributed by atoms with Crippen LogP contribution in [0.15, 0.2) is 60.8 Å². The molecule has 2 aromatic carbocycles. The lowest BCUT2D eigenvalue weighted by molar-refractivity contribution is 0.0932. The van der Waals surface area contributed by atoms with Gasteiger partial charge in [-0.25, -0.2) is 4.98 Å². The fourth-order valence-electron chi connectivity index (χ4n) is 4.53. The van der Waals surface area contributed by atoms with Crippen LogP contribution >= 0.6 is 0 Å². The number of hydrogen-bond donors (Lipinski definition) is 5. The quantitative estimate of drug-likeness (QED) is 0.351. The van der Waals surface area contributed by atoms with Crippen molar-refractivity contribution in [3.8, 4) is 5.75 Å². The molecule has 1 heterocycles. The van der Waals surface area contributed by atoms with E-state index in [0.29, 0.717) is 35.7 Å². The summed E-state index contributed by atoms with van der Waals surface area (Å²) in [6.45, 7) is 2.44. The minimum Gasteiger partial charge on any atom is -0.508 e. The van der Waals surface area contributed by atoms with Gasteiger partial charge in [-0.1, -0.05) is 30.3 Å². The van der Waals surface area contributed by atoms with E-state index in [4.69, 9.17) is 5.73 Å². The van der Waals surface area contributed by atoms with E-state index in [1.807, 2.05) is 43.3 Å². The number of pyridine rings is 1. The molecule has 0 saturated heterocycles. The Kier molecular flexibility index (Phi) is 7.45. The first kappa shape index (κ1) is 23.7. The number of carbonyl (C=O) groups is 1. The maximum Gasteiger partial charge on any atom is 0.251 e. The van der Waals surface area contributed by atoms with E-state index in [9.17, 15) is 15.0 Å². The molecular formula is C27H32N4O3. The topological polar surface area (TPSA) is 120 Å². The van der Waals surface area contributed by atoms with Gasteiger partial charge in [-0.3, -0.25) is 4.79 Å². The zero-order valence-electron chi connectivity index (χ0n) is 19.4. The van der Waals surface area contributed by atoms with Gasteiger partial charge in [0.05, 0.1) is 12.1 Å². The number of amides is 1. The number of fused-ring (bicyclic) bond motifs is 1. The van der Waals surface area contributed by atoms with Gasteiger partial charge in [0, 0.05) is 29.9 Å². The second kappa shape index (κ2) is 10.7. The molecule has 3 aromatic rings. The monoisotopic (exact) mass is 460 g/mol. The minimum absolute atomic E-state index is 0.0999. The SMILES string of the molecule is C[C@H](Cc1cccc(C(=O)NC2CCCc3c(O)cccc32)c1)NC[C@H](O)c1ccc(N)nc1. The Labute approximate surface area is 200 Å². The molecular weight excluding hydrogens is 428 g/mol. The summed E-state index contributed by atoms with van der Waals surface area (Å²) in [5.74, 6) is 0.611. The molecule has 0 spiro atoms. The maximum atomic E-state index is 13.0. The number of nitrogen functional groups attached to an aromatic ring is 1. The van der Waals surface area contributed by atoms with E-state index in [2.05, 4.69) is 15.6 Å². The third-order valence-electron chi connectivity index (χ3n) is 6.37. The summed E-state index contributed by atoms with van der Waals surface area (Å²) in [6.07, 6.45) is 4.24. The van der Waals surface area contributed by atoms with Crippen LogP contribution in [0.3, 0.4) is 0 Å². The lowest BCUT2D eigenvalue weighted by Gasteiger charge is -2.27. The molecule has 0 bridgehead atoms. The number of phenols is 1. The summed E-state index contributed by atoms with van der Waals surface area (Å²) < 4.78 is 0. The van der Waals surface area contributed by atoms with Crippen molar-refractivity contribution < 1.29 is 15.0 Å². The van der Waals surface area contributed by atoms with Crippen molar-refractivity contribution in [2.24, 2.45) is 0 Å². The van der Waals surface area contributed by atoms with Crippen LogP contribution in [0.1, 0.15) is 64.5 Å².